The van der Waals surface area contributed by atoms with Gasteiger partial charge in [0.15, 0.2) is 5.82 Å². The first-order valence-electron chi connectivity index (χ1n) is 13.3. The van der Waals surface area contributed by atoms with Gasteiger partial charge in [-0.1, -0.05) is 83.6 Å². The molecule has 34 heavy (non-hydrogen) atoms. The molecule has 0 radical (unpaired) electrons. The van der Waals surface area contributed by atoms with Crippen LogP contribution in [0.3, 0.4) is 0 Å². The van der Waals surface area contributed by atoms with E-state index >= 15 is 0 Å². The minimum atomic E-state index is 0.743. The summed E-state index contributed by atoms with van der Waals surface area (Å²) in [6.07, 6.45) is 16.5. The van der Waals surface area contributed by atoms with E-state index in [0.29, 0.717) is 0 Å². The predicted octanol–water partition coefficient (Wildman–Crippen LogP) is 8.92. The van der Waals surface area contributed by atoms with Gasteiger partial charge in [0.05, 0.1) is 6.61 Å². The molecule has 1 atom stereocenters. The van der Waals surface area contributed by atoms with Gasteiger partial charge in [-0.15, -0.1) is 0 Å². The molecule has 0 saturated carbocycles. The second-order valence-corrected chi connectivity index (χ2v) is 9.57. The summed E-state index contributed by atoms with van der Waals surface area (Å²) in [5, 5.41) is 0. The van der Waals surface area contributed by atoms with Crippen LogP contribution in [0.25, 0.3) is 22.5 Å². The number of hydrogen-bond acceptors (Lipinski definition) is 3. The van der Waals surface area contributed by atoms with E-state index in [9.17, 15) is 0 Å². The average molecular weight is 459 g/mol. The zero-order chi connectivity index (χ0) is 24.0. The smallest absolute Gasteiger partial charge is 0.159 e. The van der Waals surface area contributed by atoms with Crippen molar-refractivity contribution < 1.29 is 4.74 Å². The van der Waals surface area contributed by atoms with Crippen LogP contribution in [-0.2, 0) is 6.42 Å². The molecule has 1 aromatic heterocycles. The highest BCUT2D eigenvalue weighted by Crippen LogP contribution is 2.23. The lowest BCUT2D eigenvalue weighted by molar-refractivity contribution is 0.292. The van der Waals surface area contributed by atoms with Crippen LogP contribution in [0.1, 0.15) is 84.1 Å². The first-order chi connectivity index (χ1) is 16.7. The molecule has 182 valence electrons. The average Bonchev–Trinajstić information content (AvgIpc) is 2.88. The highest BCUT2D eigenvalue weighted by atomic mass is 16.5. The summed E-state index contributed by atoms with van der Waals surface area (Å²) < 4.78 is 5.91. The summed E-state index contributed by atoms with van der Waals surface area (Å²) in [5.41, 5.74) is 4.64. The van der Waals surface area contributed by atoms with E-state index in [1.165, 1.54) is 62.5 Å². The molecule has 0 bridgehead atoms. The normalized spacial score (nSPS) is 12.0. The lowest BCUT2D eigenvalue weighted by atomic mass is 10.0. The van der Waals surface area contributed by atoms with Crippen molar-refractivity contribution in [3.63, 3.8) is 0 Å². The summed E-state index contributed by atoms with van der Waals surface area (Å²) in [5.74, 6) is 2.44. The third-order valence-corrected chi connectivity index (χ3v) is 6.51. The molecule has 0 aliphatic carbocycles. The fourth-order valence-electron chi connectivity index (χ4n) is 4.38. The van der Waals surface area contributed by atoms with Crippen molar-refractivity contribution in [1.82, 2.24) is 9.97 Å². The molecule has 3 aromatic rings. The Morgan fingerprint density at radius 1 is 0.676 bits per heavy atom. The lowest BCUT2D eigenvalue weighted by Gasteiger charge is -2.11. The molecule has 2 aromatic carbocycles. The van der Waals surface area contributed by atoms with Gasteiger partial charge in [-0.05, 0) is 67.0 Å². The molecule has 0 spiro atoms. The largest absolute Gasteiger partial charge is 0.494 e. The Labute approximate surface area is 207 Å². The van der Waals surface area contributed by atoms with Gasteiger partial charge < -0.3 is 4.74 Å². The first kappa shape index (κ1) is 25.9. The second kappa shape index (κ2) is 14.6. The fraction of sp³-hybridized carbons (Fsp3) is 0.484. The number of benzene rings is 2. The number of aryl methyl sites for hydroxylation is 1. The van der Waals surface area contributed by atoms with Crippen LogP contribution in [0.4, 0.5) is 0 Å². The maximum absolute atomic E-state index is 5.91. The Hall–Kier alpha value is -2.68. The molecule has 3 rings (SSSR count). The summed E-state index contributed by atoms with van der Waals surface area (Å²) in [6, 6.07) is 17.0. The minimum Gasteiger partial charge on any atom is -0.494 e. The molecule has 0 N–H and O–H groups in total. The van der Waals surface area contributed by atoms with Crippen LogP contribution in [0.5, 0.6) is 5.75 Å². The Balaban J connectivity index is 1.48. The Morgan fingerprint density at radius 2 is 1.35 bits per heavy atom. The van der Waals surface area contributed by atoms with E-state index in [1.807, 2.05) is 36.7 Å². The Morgan fingerprint density at radius 3 is 2.03 bits per heavy atom. The highest BCUT2D eigenvalue weighted by molar-refractivity contribution is 5.64. The van der Waals surface area contributed by atoms with Gasteiger partial charge in [0, 0.05) is 23.5 Å². The van der Waals surface area contributed by atoms with E-state index in [1.54, 1.807) is 0 Å². The molecule has 3 nitrogen and oxygen atoms in total. The monoisotopic (exact) mass is 458 g/mol. The van der Waals surface area contributed by atoms with Crippen molar-refractivity contribution in [3.05, 3.63) is 66.5 Å². The van der Waals surface area contributed by atoms with Gasteiger partial charge in [0.2, 0.25) is 0 Å². The number of nitrogens with zero attached hydrogens (tertiary/aromatic N) is 2. The highest BCUT2D eigenvalue weighted by Gasteiger charge is 2.05. The molecular weight excluding hydrogens is 416 g/mol. The van der Waals surface area contributed by atoms with Crippen molar-refractivity contribution in [2.45, 2.75) is 85.0 Å². The van der Waals surface area contributed by atoms with E-state index in [0.717, 1.165) is 48.1 Å². The quantitative estimate of drug-likeness (QED) is 0.213. The van der Waals surface area contributed by atoms with Crippen LogP contribution in [-0.4, -0.2) is 16.6 Å². The van der Waals surface area contributed by atoms with Gasteiger partial charge in [0.25, 0.3) is 0 Å². The zero-order valence-electron chi connectivity index (χ0n) is 21.4. The summed E-state index contributed by atoms with van der Waals surface area (Å²) >= 11 is 0. The molecule has 0 saturated heterocycles. The lowest BCUT2D eigenvalue weighted by Crippen LogP contribution is -2.01. The van der Waals surface area contributed by atoms with Crippen molar-refractivity contribution in [1.29, 1.82) is 0 Å². The van der Waals surface area contributed by atoms with Crippen molar-refractivity contribution >= 4 is 0 Å². The van der Waals surface area contributed by atoms with Gasteiger partial charge >= 0.3 is 0 Å². The maximum Gasteiger partial charge on any atom is 0.159 e. The molecule has 0 aliphatic heterocycles. The summed E-state index contributed by atoms with van der Waals surface area (Å²) in [4.78, 5) is 9.23. The predicted molar refractivity (Wildman–Crippen MR) is 144 cm³/mol. The van der Waals surface area contributed by atoms with Crippen LogP contribution in [0.2, 0.25) is 0 Å². The molecule has 0 aliphatic rings. The molecule has 1 unspecified atom stereocenters. The topological polar surface area (TPSA) is 35.0 Å². The maximum atomic E-state index is 5.91. The number of aromatic nitrogens is 2. The Kier molecular flexibility index (Phi) is 11.1. The van der Waals surface area contributed by atoms with Crippen LogP contribution >= 0.6 is 0 Å². The standard InChI is InChI=1S/C31H42N2O/c1-4-6-7-8-9-13-26-14-16-27(17-15-26)29-23-32-31(33-24-29)28-18-20-30(21-19-28)34-22-10-12-25(3)11-5-2/h14-21,23-25H,4-13,22H2,1-3H3. The van der Waals surface area contributed by atoms with Crippen LogP contribution in [0, 0.1) is 5.92 Å². The number of hydrogen-bond donors (Lipinski definition) is 0. The van der Waals surface area contributed by atoms with E-state index in [2.05, 4.69) is 55.0 Å². The molecule has 0 amide bonds. The SMILES string of the molecule is CCCCCCCc1ccc(-c2cnc(-c3ccc(OCCCC(C)CCC)cc3)nc2)cc1. The first-order valence-corrected chi connectivity index (χ1v) is 13.3. The van der Waals surface area contributed by atoms with Gasteiger partial charge in [-0.3, -0.25) is 0 Å². The van der Waals surface area contributed by atoms with Gasteiger partial charge in [-0.2, -0.15) is 0 Å². The Bertz CT molecular complexity index is 933. The second-order valence-electron chi connectivity index (χ2n) is 9.57. The molecular formula is C31H42N2O. The third-order valence-electron chi connectivity index (χ3n) is 6.51. The number of ether oxygens (including phenoxy) is 1. The summed E-state index contributed by atoms with van der Waals surface area (Å²) in [7, 11) is 0. The van der Waals surface area contributed by atoms with E-state index in [4.69, 9.17) is 4.74 Å². The fourth-order valence-corrected chi connectivity index (χ4v) is 4.38. The summed E-state index contributed by atoms with van der Waals surface area (Å²) in [6.45, 7) is 7.61. The minimum absolute atomic E-state index is 0.743. The zero-order valence-corrected chi connectivity index (χ0v) is 21.4. The van der Waals surface area contributed by atoms with Crippen molar-refractivity contribution in [3.8, 4) is 28.3 Å². The van der Waals surface area contributed by atoms with Crippen LogP contribution < -0.4 is 4.74 Å². The molecule has 3 heteroatoms. The molecule has 1 heterocycles. The van der Waals surface area contributed by atoms with Crippen molar-refractivity contribution in [2.24, 2.45) is 5.92 Å². The van der Waals surface area contributed by atoms with E-state index < -0.39 is 0 Å². The molecule has 0 fully saturated rings. The van der Waals surface area contributed by atoms with Gasteiger partial charge in [-0.25, -0.2) is 9.97 Å². The van der Waals surface area contributed by atoms with Gasteiger partial charge in [0.1, 0.15) is 5.75 Å². The van der Waals surface area contributed by atoms with Crippen LogP contribution in [0.15, 0.2) is 60.9 Å². The van der Waals surface area contributed by atoms with Crippen molar-refractivity contribution in [2.75, 3.05) is 6.61 Å². The number of rotatable bonds is 15. The van der Waals surface area contributed by atoms with E-state index in [-0.39, 0.29) is 0 Å². The number of unbranched alkanes of at least 4 members (excludes halogenated alkanes) is 4. The third kappa shape index (κ3) is 8.59.